The number of imidazole rings is 1. The summed E-state index contributed by atoms with van der Waals surface area (Å²) in [6, 6.07) is 22.5. The fourth-order valence-corrected chi connectivity index (χ4v) is 3.71. The number of rotatable bonds is 6. The van der Waals surface area contributed by atoms with E-state index in [1.807, 2.05) is 55.5 Å². The van der Waals surface area contributed by atoms with Gasteiger partial charge in [-0.2, -0.15) is 0 Å². The van der Waals surface area contributed by atoms with Gasteiger partial charge in [-0.25, -0.2) is 4.98 Å². The molecular weight excluding hydrogens is 398 g/mol. The molecule has 1 unspecified atom stereocenters. The summed E-state index contributed by atoms with van der Waals surface area (Å²) in [6.07, 6.45) is 0. The van der Waals surface area contributed by atoms with E-state index in [9.17, 15) is 4.79 Å². The molecule has 0 aliphatic heterocycles. The van der Waals surface area contributed by atoms with Gasteiger partial charge in [0.05, 0.1) is 24.2 Å². The summed E-state index contributed by atoms with van der Waals surface area (Å²) in [6.45, 7) is 2.55. The van der Waals surface area contributed by atoms with Crippen molar-refractivity contribution in [2.45, 2.75) is 19.5 Å². The van der Waals surface area contributed by atoms with Gasteiger partial charge in [-0.3, -0.25) is 4.79 Å². The maximum Gasteiger partial charge on any atom is 0.251 e. The Hall–Kier alpha value is -3.31. The largest absolute Gasteiger partial charge is 0.497 e. The van der Waals surface area contributed by atoms with Crippen molar-refractivity contribution in [2.24, 2.45) is 0 Å². The van der Waals surface area contributed by atoms with Crippen LogP contribution in [0.1, 0.15) is 34.7 Å². The lowest BCUT2D eigenvalue weighted by molar-refractivity contribution is 0.0937. The van der Waals surface area contributed by atoms with Crippen LogP contribution in [0.5, 0.6) is 5.75 Å². The Bertz CT molecular complexity index is 1180. The summed E-state index contributed by atoms with van der Waals surface area (Å²) in [7, 11) is 1.60. The number of hydrogen-bond donors (Lipinski definition) is 1. The van der Waals surface area contributed by atoms with Crippen LogP contribution in [0.3, 0.4) is 0 Å². The van der Waals surface area contributed by atoms with E-state index in [2.05, 4.69) is 9.88 Å². The number of carbonyl (C=O) groups is 1. The first-order valence-corrected chi connectivity index (χ1v) is 10.1. The van der Waals surface area contributed by atoms with Crippen molar-refractivity contribution in [1.29, 1.82) is 0 Å². The zero-order valence-electron chi connectivity index (χ0n) is 16.8. The SMILES string of the molecule is COc1ccc(C(=O)NC(C)c2nc3ccccc3n2Cc2cccc(Cl)c2)cc1. The van der Waals surface area contributed by atoms with Gasteiger partial charge in [-0.1, -0.05) is 35.9 Å². The summed E-state index contributed by atoms with van der Waals surface area (Å²) in [4.78, 5) is 17.6. The average Bonchev–Trinajstić information content (AvgIpc) is 3.12. The minimum Gasteiger partial charge on any atom is -0.497 e. The Kier molecular flexibility index (Phi) is 5.72. The Labute approximate surface area is 180 Å². The number of benzene rings is 3. The first-order chi connectivity index (χ1) is 14.5. The minimum absolute atomic E-state index is 0.161. The number of ether oxygens (including phenoxy) is 1. The standard InChI is InChI=1S/C24H22ClN3O2/c1-16(26-24(29)18-10-12-20(30-2)13-11-18)23-27-21-8-3-4-9-22(21)28(23)15-17-6-5-7-19(25)14-17/h3-14,16H,15H2,1-2H3,(H,26,29). The summed E-state index contributed by atoms with van der Waals surface area (Å²) in [5, 5.41) is 3.75. The van der Waals surface area contributed by atoms with Crippen molar-refractivity contribution >= 4 is 28.5 Å². The van der Waals surface area contributed by atoms with Crippen molar-refractivity contribution in [3.63, 3.8) is 0 Å². The van der Waals surface area contributed by atoms with Crippen molar-refractivity contribution in [3.8, 4) is 5.75 Å². The van der Waals surface area contributed by atoms with E-state index in [1.54, 1.807) is 31.4 Å². The van der Waals surface area contributed by atoms with Gasteiger partial charge in [0.2, 0.25) is 0 Å². The van der Waals surface area contributed by atoms with Crippen LogP contribution < -0.4 is 10.1 Å². The van der Waals surface area contributed by atoms with Crippen LogP contribution in [0.25, 0.3) is 11.0 Å². The molecule has 3 aromatic carbocycles. The number of halogens is 1. The quantitative estimate of drug-likeness (QED) is 0.465. The van der Waals surface area contributed by atoms with Gasteiger partial charge >= 0.3 is 0 Å². The van der Waals surface area contributed by atoms with Gasteiger partial charge < -0.3 is 14.6 Å². The Morgan fingerprint density at radius 2 is 1.87 bits per heavy atom. The van der Waals surface area contributed by atoms with Crippen LogP contribution in [-0.4, -0.2) is 22.6 Å². The summed E-state index contributed by atoms with van der Waals surface area (Å²) >= 11 is 6.17. The Morgan fingerprint density at radius 1 is 1.10 bits per heavy atom. The normalized spacial score (nSPS) is 12.0. The van der Waals surface area contributed by atoms with Gasteiger partial charge in [-0.05, 0) is 61.0 Å². The van der Waals surface area contributed by atoms with E-state index in [-0.39, 0.29) is 11.9 Å². The number of nitrogens with zero attached hydrogens (tertiary/aromatic N) is 2. The average molecular weight is 420 g/mol. The van der Waals surface area contributed by atoms with Crippen LogP contribution in [0.2, 0.25) is 5.02 Å². The number of fused-ring (bicyclic) bond motifs is 1. The molecular formula is C24H22ClN3O2. The molecule has 0 aliphatic rings. The third-order valence-corrected chi connectivity index (χ3v) is 5.24. The number of nitrogens with one attached hydrogen (secondary N) is 1. The highest BCUT2D eigenvalue weighted by atomic mass is 35.5. The molecule has 0 bridgehead atoms. The van der Waals surface area contributed by atoms with E-state index in [0.717, 1.165) is 22.4 Å². The van der Waals surface area contributed by atoms with E-state index >= 15 is 0 Å². The molecule has 1 aromatic heterocycles. The molecule has 5 nitrogen and oxygen atoms in total. The third kappa shape index (κ3) is 4.16. The van der Waals surface area contributed by atoms with Gasteiger partial charge in [-0.15, -0.1) is 0 Å². The molecule has 0 saturated heterocycles. The number of amides is 1. The Morgan fingerprint density at radius 3 is 2.60 bits per heavy atom. The van der Waals surface area contributed by atoms with Gasteiger partial charge in [0, 0.05) is 17.1 Å². The van der Waals surface area contributed by atoms with Crippen LogP contribution in [0.4, 0.5) is 0 Å². The lowest BCUT2D eigenvalue weighted by atomic mass is 10.2. The molecule has 1 heterocycles. The summed E-state index contributed by atoms with van der Waals surface area (Å²) < 4.78 is 7.28. The highest BCUT2D eigenvalue weighted by Crippen LogP contribution is 2.23. The van der Waals surface area contributed by atoms with Gasteiger partial charge in [0.1, 0.15) is 11.6 Å². The van der Waals surface area contributed by atoms with Crippen molar-refractivity contribution < 1.29 is 9.53 Å². The molecule has 6 heteroatoms. The minimum atomic E-state index is -0.286. The zero-order chi connectivity index (χ0) is 21.1. The predicted octanol–water partition coefficient (Wildman–Crippen LogP) is 5.24. The number of para-hydroxylation sites is 2. The molecule has 1 N–H and O–H groups in total. The highest BCUT2D eigenvalue weighted by Gasteiger charge is 2.19. The maximum absolute atomic E-state index is 12.8. The molecule has 30 heavy (non-hydrogen) atoms. The number of aromatic nitrogens is 2. The first kappa shape index (κ1) is 20.0. The van der Waals surface area contributed by atoms with Crippen LogP contribution in [0, 0.1) is 0 Å². The van der Waals surface area contributed by atoms with Crippen molar-refractivity contribution in [2.75, 3.05) is 7.11 Å². The molecule has 4 aromatic rings. The fourth-order valence-electron chi connectivity index (χ4n) is 3.50. The second-order valence-corrected chi connectivity index (χ2v) is 7.53. The fraction of sp³-hybridized carbons (Fsp3) is 0.167. The van der Waals surface area contributed by atoms with Crippen molar-refractivity contribution in [1.82, 2.24) is 14.9 Å². The first-order valence-electron chi connectivity index (χ1n) is 9.69. The molecule has 0 spiro atoms. The van der Waals surface area contributed by atoms with Crippen molar-refractivity contribution in [3.05, 3.63) is 94.8 Å². The lowest BCUT2D eigenvalue weighted by Gasteiger charge is -2.17. The molecule has 0 radical (unpaired) electrons. The number of hydrogen-bond acceptors (Lipinski definition) is 3. The monoisotopic (exact) mass is 419 g/mol. The predicted molar refractivity (Wildman–Crippen MR) is 119 cm³/mol. The topological polar surface area (TPSA) is 56.1 Å². The maximum atomic E-state index is 12.8. The molecule has 0 saturated carbocycles. The van der Waals surface area contributed by atoms with Crippen LogP contribution >= 0.6 is 11.6 Å². The smallest absolute Gasteiger partial charge is 0.251 e. The second-order valence-electron chi connectivity index (χ2n) is 7.10. The Balaban J connectivity index is 1.64. The van der Waals surface area contributed by atoms with E-state index in [0.29, 0.717) is 22.9 Å². The second kappa shape index (κ2) is 8.59. The summed E-state index contributed by atoms with van der Waals surface area (Å²) in [5.41, 5.74) is 3.54. The lowest BCUT2D eigenvalue weighted by Crippen LogP contribution is -2.28. The number of carbonyl (C=O) groups excluding carboxylic acids is 1. The molecule has 1 atom stereocenters. The highest BCUT2D eigenvalue weighted by molar-refractivity contribution is 6.30. The third-order valence-electron chi connectivity index (χ3n) is 5.00. The molecule has 0 aliphatic carbocycles. The number of methoxy groups -OCH3 is 1. The van der Waals surface area contributed by atoms with E-state index in [4.69, 9.17) is 21.3 Å². The molecule has 1 amide bonds. The zero-order valence-corrected chi connectivity index (χ0v) is 17.6. The summed E-state index contributed by atoms with van der Waals surface area (Å²) in [5.74, 6) is 1.34. The van der Waals surface area contributed by atoms with Gasteiger partial charge in [0.15, 0.2) is 0 Å². The van der Waals surface area contributed by atoms with E-state index in [1.165, 1.54) is 0 Å². The molecule has 152 valence electrons. The molecule has 0 fully saturated rings. The van der Waals surface area contributed by atoms with E-state index < -0.39 is 0 Å². The molecule has 4 rings (SSSR count). The van der Waals surface area contributed by atoms with Crippen LogP contribution in [0.15, 0.2) is 72.8 Å². The van der Waals surface area contributed by atoms with Gasteiger partial charge in [0.25, 0.3) is 5.91 Å². The van der Waals surface area contributed by atoms with Crippen LogP contribution in [-0.2, 0) is 6.54 Å².